The maximum Gasteiger partial charge on any atom is 0.278 e. The van der Waals surface area contributed by atoms with Crippen molar-refractivity contribution >= 4 is 11.6 Å². The second-order valence-corrected chi connectivity index (χ2v) is 7.55. The van der Waals surface area contributed by atoms with Crippen LogP contribution in [-0.4, -0.2) is 22.5 Å². The zero-order valence-corrected chi connectivity index (χ0v) is 17.0. The first-order valence-electron chi connectivity index (χ1n) is 10.3. The van der Waals surface area contributed by atoms with Gasteiger partial charge < -0.3 is 9.47 Å². The summed E-state index contributed by atoms with van der Waals surface area (Å²) in [6.45, 7) is 2.89. The number of rotatable bonds is 4. The molecule has 4 nitrogen and oxygen atoms in total. The summed E-state index contributed by atoms with van der Waals surface area (Å²) in [7, 11) is 1.81. The largest absolute Gasteiger partial charge is 0.327 e. The van der Waals surface area contributed by atoms with Crippen molar-refractivity contribution in [3.63, 3.8) is 0 Å². The third-order valence-electron chi connectivity index (χ3n) is 5.69. The van der Waals surface area contributed by atoms with Crippen LogP contribution < -0.4 is 4.90 Å². The lowest BCUT2D eigenvalue weighted by Crippen LogP contribution is -2.28. The summed E-state index contributed by atoms with van der Waals surface area (Å²) in [5, 5.41) is 0. The maximum absolute atomic E-state index is 13.9. The van der Waals surface area contributed by atoms with E-state index in [9.17, 15) is 9.18 Å². The number of aromatic nitrogens is 2. The van der Waals surface area contributed by atoms with Crippen molar-refractivity contribution in [1.82, 2.24) is 9.55 Å². The number of anilines is 1. The lowest BCUT2D eigenvalue weighted by atomic mass is 10.1. The zero-order chi connectivity index (χ0) is 20.4. The number of imidazole rings is 1. The summed E-state index contributed by atoms with van der Waals surface area (Å²) in [6.07, 6.45) is 4.85. The SMILES string of the molecule is CCc1ccccc1N(C)C(=O)c1nc(-c2cccc(F)c2)n2c1CCCCC2. The van der Waals surface area contributed by atoms with Gasteiger partial charge in [-0.2, -0.15) is 0 Å². The van der Waals surface area contributed by atoms with Crippen LogP contribution in [0.25, 0.3) is 11.4 Å². The smallest absolute Gasteiger partial charge is 0.278 e. The quantitative estimate of drug-likeness (QED) is 0.609. The van der Waals surface area contributed by atoms with Crippen LogP contribution in [0, 0.1) is 5.82 Å². The van der Waals surface area contributed by atoms with Gasteiger partial charge in [-0.3, -0.25) is 4.79 Å². The normalized spacial score (nSPS) is 13.6. The molecule has 2 aromatic carbocycles. The Morgan fingerprint density at radius 1 is 1.14 bits per heavy atom. The van der Waals surface area contributed by atoms with Crippen molar-refractivity contribution in [3.05, 3.63) is 71.3 Å². The monoisotopic (exact) mass is 391 g/mol. The van der Waals surface area contributed by atoms with Gasteiger partial charge in [0, 0.05) is 24.8 Å². The van der Waals surface area contributed by atoms with Gasteiger partial charge in [0.2, 0.25) is 0 Å². The molecule has 0 saturated carbocycles. The Labute approximate surface area is 171 Å². The van der Waals surface area contributed by atoms with Crippen LogP contribution in [0.2, 0.25) is 0 Å². The van der Waals surface area contributed by atoms with Crippen LogP contribution in [0.5, 0.6) is 0 Å². The molecule has 1 amide bonds. The van der Waals surface area contributed by atoms with E-state index in [1.165, 1.54) is 12.1 Å². The van der Waals surface area contributed by atoms with Gasteiger partial charge in [0.15, 0.2) is 5.69 Å². The number of fused-ring (bicyclic) bond motifs is 1. The molecular formula is C24H26FN3O. The number of nitrogens with zero attached hydrogens (tertiary/aromatic N) is 3. The number of amides is 1. The number of carbonyl (C=O) groups is 1. The second-order valence-electron chi connectivity index (χ2n) is 7.55. The minimum atomic E-state index is -0.296. The maximum atomic E-state index is 13.9. The van der Waals surface area contributed by atoms with Gasteiger partial charge >= 0.3 is 0 Å². The van der Waals surface area contributed by atoms with Gasteiger partial charge in [0.1, 0.15) is 11.6 Å². The molecule has 0 radical (unpaired) electrons. The molecule has 150 valence electrons. The molecule has 4 rings (SSSR count). The lowest BCUT2D eigenvalue weighted by molar-refractivity contribution is 0.0987. The average molecular weight is 391 g/mol. The van der Waals surface area contributed by atoms with Crippen LogP contribution in [0.3, 0.4) is 0 Å². The Balaban J connectivity index is 1.80. The highest BCUT2D eigenvalue weighted by Crippen LogP contribution is 2.29. The fraction of sp³-hybridized carbons (Fsp3) is 0.333. The van der Waals surface area contributed by atoms with E-state index in [0.29, 0.717) is 17.1 Å². The van der Waals surface area contributed by atoms with Gasteiger partial charge in [0.05, 0.1) is 5.69 Å². The number of hydrogen-bond acceptors (Lipinski definition) is 2. The van der Waals surface area contributed by atoms with E-state index in [-0.39, 0.29) is 11.7 Å². The molecule has 0 spiro atoms. The van der Waals surface area contributed by atoms with E-state index < -0.39 is 0 Å². The van der Waals surface area contributed by atoms with Gasteiger partial charge in [-0.1, -0.05) is 43.7 Å². The van der Waals surface area contributed by atoms with E-state index in [2.05, 4.69) is 11.5 Å². The third kappa shape index (κ3) is 3.69. The first kappa shape index (κ1) is 19.4. The van der Waals surface area contributed by atoms with Crippen molar-refractivity contribution < 1.29 is 9.18 Å². The number of para-hydroxylation sites is 1. The van der Waals surface area contributed by atoms with Gasteiger partial charge in [0.25, 0.3) is 5.91 Å². The molecule has 0 aliphatic carbocycles. The zero-order valence-electron chi connectivity index (χ0n) is 17.0. The standard InChI is InChI=1S/C24H26FN3O/c1-3-17-10-6-7-13-20(17)27(2)24(29)22-21-14-5-4-8-15-28(21)23(26-22)18-11-9-12-19(25)16-18/h6-7,9-13,16H,3-5,8,14-15H2,1-2H3. The second kappa shape index (κ2) is 8.19. The van der Waals surface area contributed by atoms with Crippen molar-refractivity contribution in [2.45, 2.75) is 45.6 Å². The Morgan fingerprint density at radius 3 is 2.76 bits per heavy atom. The lowest BCUT2D eigenvalue weighted by Gasteiger charge is -2.20. The molecule has 1 aromatic heterocycles. The molecular weight excluding hydrogens is 365 g/mol. The van der Waals surface area contributed by atoms with Gasteiger partial charge in [-0.25, -0.2) is 9.37 Å². The summed E-state index contributed by atoms with van der Waals surface area (Å²) >= 11 is 0. The molecule has 1 aliphatic rings. The molecule has 3 aromatic rings. The van der Waals surface area contributed by atoms with E-state index in [1.54, 1.807) is 18.0 Å². The fourth-order valence-electron chi connectivity index (χ4n) is 4.14. The molecule has 1 aliphatic heterocycles. The number of halogens is 1. The van der Waals surface area contributed by atoms with Crippen molar-refractivity contribution in [3.8, 4) is 11.4 Å². The minimum absolute atomic E-state index is 0.112. The highest BCUT2D eigenvalue weighted by atomic mass is 19.1. The average Bonchev–Trinajstić information content (AvgIpc) is 2.93. The predicted molar refractivity (Wildman–Crippen MR) is 114 cm³/mol. The molecule has 0 N–H and O–H groups in total. The molecule has 0 bridgehead atoms. The molecule has 0 saturated heterocycles. The van der Waals surface area contributed by atoms with Crippen LogP contribution in [0.1, 0.15) is 47.9 Å². The highest BCUT2D eigenvalue weighted by molar-refractivity contribution is 6.06. The highest BCUT2D eigenvalue weighted by Gasteiger charge is 2.27. The van der Waals surface area contributed by atoms with Crippen LogP contribution in [-0.2, 0) is 19.4 Å². The Morgan fingerprint density at radius 2 is 1.97 bits per heavy atom. The first-order chi connectivity index (χ1) is 14.1. The Hall–Kier alpha value is -2.95. The van der Waals surface area contributed by atoms with E-state index in [1.807, 2.05) is 30.3 Å². The molecule has 0 fully saturated rings. The predicted octanol–water partition coefficient (Wildman–Crippen LogP) is 5.25. The number of benzene rings is 2. The van der Waals surface area contributed by atoms with E-state index in [4.69, 9.17) is 4.98 Å². The molecule has 2 heterocycles. The van der Waals surface area contributed by atoms with Gasteiger partial charge in [-0.15, -0.1) is 0 Å². The van der Waals surface area contributed by atoms with Crippen LogP contribution >= 0.6 is 0 Å². The van der Waals surface area contributed by atoms with Crippen LogP contribution in [0.4, 0.5) is 10.1 Å². The van der Waals surface area contributed by atoms with E-state index in [0.717, 1.165) is 55.6 Å². The fourth-order valence-corrected chi connectivity index (χ4v) is 4.14. The Bertz CT molecular complexity index is 1040. The van der Waals surface area contributed by atoms with Crippen molar-refractivity contribution in [1.29, 1.82) is 0 Å². The van der Waals surface area contributed by atoms with E-state index >= 15 is 0 Å². The summed E-state index contributed by atoms with van der Waals surface area (Å²) in [5.74, 6) is 0.275. The number of hydrogen-bond donors (Lipinski definition) is 0. The first-order valence-corrected chi connectivity index (χ1v) is 10.3. The molecule has 0 atom stereocenters. The Kier molecular flexibility index (Phi) is 5.47. The number of carbonyl (C=O) groups excluding carboxylic acids is 1. The summed E-state index contributed by atoms with van der Waals surface area (Å²) in [6, 6.07) is 14.4. The summed E-state index contributed by atoms with van der Waals surface area (Å²) < 4.78 is 16.0. The topological polar surface area (TPSA) is 38.1 Å². The van der Waals surface area contributed by atoms with Gasteiger partial charge in [-0.05, 0) is 49.4 Å². The molecule has 5 heteroatoms. The van der Waals surface area contributed by atoms with Crippen molar-refractivity contribution in [2.24, 2.45) is 0 Å². The van der Waals surface area contributed by atoms with Crippen LogP contribution in [0.15, 0.2) is 48.5 Å². The summed E-state index contributed by atoms with van der Waals surface area (Å²) in [4.78, 5) is 19.9. The van der Waals surface area contributed by atoms with Crippen molar-refractivity contribution in [2.75, 3.05) is 11.9 Å². The molecule has 29 heavy (non-hydrogen) atoms. The summed E-state index contributed by atoms with van der Waals surface area (Å²) in [5.41, 5.74) is 4.19. The molecule has 0 unspecified atom stereocenters. The number of aryl methyl sites for hydroxylation is 1. The third-order valence-corrected chi connectivity index (χ3v) is 5.69. The minimum Gasteiger partial charge on any atom is -0.327 e.